The number of thiocarbonyl (C=S) groups is 1. The molecule has 4 nitrogen and oxygen atoms in total. The zero-order valence-electron chi connectivity index (χ0n) is 9.76. The zero-order chi connectivity index (χ0) is 14.9. The van der Waals surface area contributed by atoms with E-state index in [0.29, 0.717) is 4.88 Å². The molecule has 1 heterocycles. The third-order valence-corrected chi connectivity index (χ3v) is 6.24. The number of hydrogen-bond acceptors (Lipinski definition) is 4. The van der Waals surface area contributed by atoms with Crippen LogP contribution < -0.4 is 10.5 Å². The van der Waals surface area contributed by atoms with E-state index in [1.807, 2.05) is 0 Å². The lowest BCUT2D eigenvalue weighted by Crippen LogP contribution is -2.11. The van der Waals surface area contributed by atoms with Crippen LogP contribution in [-0.2, 0) is 10.0 Å². The number of sulfonamides is 1. The van der Waals surface area contributed by atoms with Gasteiger partial charge in [-0.25, -0.2) is 12.8 Å². The molecule has 2 aromatic rings. The Bertz CT molecular complexity index is 774. The van der Waals surface area contributed by atoms with Crippen LogP contribution in [0.3, 0.4) is 0 Å². The van der Waals surface area contributed by atoms with E-state index >= 15 is 0 Å². The minimum atomic E-state index is -3.78. The van der Waals surface area contributed by atoms with Gasteiger partial charge in [0.15, 0.2) is 0 Å². The zero-order valence-corrected chi connectivity index (χ0v) is 13.8. The second-order valence-corrected chi connectivity index (χ2v) is 8.00. The Labute approximate surface area is 133 Å². The first-order valence-electron chi connectivity index (χ1n) is 5.17. The molecule has 0 atom stereocenters. The van der Waals surface area contributed by atoms with Crippen LogP contribution in [0.15, 0.2) is 39.0 Å². The minimum Gasteiger partial charge on any atom is -0.389 e. The molecule has 2 rings (SSSR count). The molecule has 1 aromatic carbocycles. The monoisotopic (exact) mass is 394 g/mol. The van der Waals surface area contributed by atoms with Gasteiger partial charge in [-0.1, -0.05) is 12.2 Å². The number of anilines is 1. The highest BCUT2D eigenvalue weighted by Gasteiger charge is 2.18. The molecule has 3 N–H and O–H groups in total. The number of benzene rings is 1. The molecular formula is C11H8BrFN2O2S3. The third kappa shape index (κ3) is 3.35. The highest BCUT2D eigenvalue weighted by atomic mass is 79.9. The first kappa shape index (κ1) is 15.4. The van der Waals surface area contributed by atoms with Crippen LogP contribution in [0.4, 0.5) is 10.1 Å². The van der Waals surface area contributed by atoms with Gasteiger partial charge in [-0.05, 0) is 46.3 Å². The van der Waals surface area contributed by atoms with E-state index in [1.54, 1.807) is 0 Å². The van der Waals surface area contributed by atoms with Gasteiger partial charge in [0.25, 0.3) is 10.0 Å². The Balaban J connectivity index is 2.30. The molecule has 1 aromatic heterocycles. The van der Waals surface area contributed by atoms with E-state index in [1.165, 1.54) is 24.3 Å². The summed E-state index contributed by atoms with van der Waals surface area (Å²) >= 11 is 8.73. The van der Waals surface area contributed by atoms with Gasteiger partial charge in [0.2, 0.25) is 0 Å². The molecular weight excluding hydrogens is 387 g/mol. The van der Waals surface area contributed by atoms with Gasteiger partial charge in [0.05, 0.1) is 15.0 Å². The Morgan fingerprint density at radius 1 is 1.35 bits per heavy atom. The van der Waals surface area contributed by atoms with E-state index < -0.39 is 15.8 Å². The molecule has 0 fully saturated rings. The number of nitrogens with one attached hydrogen (secondary N) is 1. The normalized spacial score (nSPS) is 11.3. The lowest BCUT2D eigenvalue weighted by atomic mass is 10.3. The summed E-state index contributed by atoms with van der Waals surface area (Å²) in [7, 11) is -3.78. The number of nitrogens with two attached hydrogens (primary N) is 1. The van der Waals surface area contributed by atoms with E-state index in [2.05, 4.69) is 20.7 Å². The molecule has 0 aliphatic heterocycles. The summed E-state index contributed by atoms with van der Waals surface area (Å²) in [5.41, 5.74) is 5.57. The Morgan fingerprint density at radius 3 is 2.60 bits per heavy atom. The van der Waals surface area contributed by atoms with Crippen LogP contribution in [0.2, 0.25) is 0 Å². The Hall–Kier alpha value is -1.03. The molecule has 0 spiro atoms. The fourth-order valence-electron chi connectivity index (χ4n) is 1.36. The maximum atomic E-state index is 13.4. The predicted octanol–water partition coefficient (Wildman–Crippen LogP) is 3.08. The predicted molar refractivity (Wildman–Crippen MR) is 85.1 cm³/mol. The maximum Gasteiger partial charge on any atom is 0.271 e. The summed E-state index contributed by atoms with van der Waals surface area (Å²) in [5.74, 6) is -0.555. The van der Waals surface area contributed by atoms with Crippen molar-refractivity contribution < 1.29 is 12.8 Å². The molecule has 0 unspecified atom stereocenters. The van der Waals surface area contributed by atoms with Crippen molar-refractivity contribution in [1.29, 1.82) is 0 Å². The second-order valence-electron chi connectivity index (χ2n) is 3.72. The van der Waals surface area contributed by atoms with E-state index in [0.717, 1.165) is 17.4 Å². The molecule has 9 heteroatoms. The smallest absolute Gasteiger partial charge is 0.271 e. The fraction of sp³-hybridized carbons (Fsp3) is 0. The van der Waals surface area contributed by atoms with E-state index in [4.69, 9.17) is 18.0 Å². The molecule has 106 valence electrons. The van der Waals surface area contributed by atoms with Crippen LogP contribution in [-0.4, -0.2) is 13.4 Å². The summed E-state index contributed by atoms with van der Waals surface area (Å²) in [6.07, 6.45) is 0. The SMILES string of the molecule is NC(=S)c1ccc(S(=O)(=O)Nc2ccc(Br)c(F)c2)s1. The standard InChI is InChI=1S/C11H8BrFN2O2S3/c12-7-2-1-6(5-8(7)13)15-20(16,17)10-4-3-9(19-10)11(14)18/h1-5,15H,(H2,14,18). The molecule has 0 radical (unpaired) electrons. The average Bonchev–Trinajstić information content (AvgIpc) is 2.84. The first-order valence-corrected chi connectivity index (χ1v) is 8.67. The quantitative estimate of drug-likeness (QED) is 0.781. The van der Waals surface area contributed by atoms with Gasteiger partial charge < -0.3 is 5.73 Å². The Kier molecular flexibility index (Phi) is 4.43. The van der Waals surface area contributed by atoms with Crippen molar-refractivity contribution in [2.45, 2.75) is 4.21 Å². The summed E-state index contributed by atoms with van der Waals surface area (Å²) in [6, 6.07) is 6.89. The number of hydrogen-bond donors (Lipinski definition) is 2. The molecule has 0 amide bonds. The number of rotatable bonds is 4. The summed E-state index contributed by atoms with van der Waals surface area (Å²) < 4.78 is 40.2. The van der Waals surface area contributed by atoms with Crippen LogP contribution >= 0.6 is 39.5 Å². The summed E-state index contributed by atoms with van der Waals surface area (Å²) in [5, 5.41) is 0. The van der Waals surface area contributed by atoms with Crippen LogP contribution in [0.25, 0.3) is 0 Å². The highest BCUT2D eigenvalue weighted by molar-refractivity contribution is 9.10. The van der Waals surface area contributed by atoms with E-state index in [9.17, 15) is 12.8 Å². The second kappa shape index (κ2) is 5.76. The summed E-state index contributed by atoms with van der Waals surface area (Å²) in [6.45, 7) is 0. The minimum absolute atomic E-state index is 0.0589. The van der Waals surface area contributed by atoms with E-state index in [-0.39, 0.29) is 19.4 Å². The molecule has 0 saturated heterocycles. The molecule has 0 saturated carbocycles. The molecule has 0 aliphatic carbocycles. The van der Waals surface area contributed by atoms with Gasteiger partial charge in [-0.2, -0.15) is 0 Å². The lowest BCUT2D eigenvalue weighted by molar-refractivity contribution is 0.603. The van der Waals surface area contributed by atoms with Crippen molar-refractivity contribution in [2.24, 2.45) is 5.73 Å². The van der Waals surface area contributed by atoms with Gasteiger partial charge in [-0.3, -0.25) is 4.72 Å². The van der Waals surface area contributed by atoms with Crippen LogP contribution in [0.1, 0.15) is 4.88 Å². The van der Waals surface area contributed by atoms with Crippen molar-refractivity contribution in [3.63, 3.8) is 0 Å². The van der Waals surface area contributed by atoms with Crippen molar-refractivity contribution in [2.75, 3.05) is 4.72 Å². The highest BCUT2D eigenvalue weighted by Crippen LogP contribution is 2.25. The maximum absolute atomic E-state index is 13.4. The molecule has 0 bridgehead atoms. The molecule has 20 heavy (non-hydrogen) atoms. The fourth-order valence-corrected chi connectivity index (χ4v) is 4.01. The van der Waals surface area contributed by atoms with Gasteiger partial charge >= 0.3 is 0 Å². The van der Waals surface area contributed by atoms with Gasteiger partial charge in [0.1, 0.15) is 15.0 Å². The van der Waals surface area contributed by atoms with Gasteiger partial charge in [-0.15, -0.1) is 11.3 Å². The topological polar surface area (TPSA) is 72.2 Å². The van der Waals surface area contributed by atoms with Crippen molar-refractivity contribution in [1.82, 2.24) is 0 Å². The third-order valence-electron chi connectivity index (χ3n) is 2.26. The van der Waals surface area contributed by atoms with Crippen molar-refractivity contribution in [3.8, 4) is 0 Å². The number of halogens is 2. The van der Waals surface area contributed by atoms with Crippen molar-refractivity contribution in [3.05, 3.63) is 45.5 Å². The van der Waals surface area contributed by atoms with Crippen LogP contribution in [0.5, 0.6) is 0 Å². The largest absolute Gasteiger partial charge is 0.389 e. The lowest BCUT2D eigenvalue weighted by Gasteiger charge is -2.06. The number of thiophene rings is 1. The van der Waals surface area contributed by atoms with Gasteiger partial charge in [0, 0.05) is 0 Å². The van der Waals surface area contributed by atoms with Crippen LogP contribution in [0, 0.1) is 5.82 Å². The van der Waals surface area contributed by atoms with Crippen molar-refractivity contribution >= 4 is 60.2 Å². The Morgan fingerprint density at radius 2 is 2.05 bits per heavy atom. The first-order chi connectivity index (χ1) is 9.29. The molecule has 0 aliphatic rings. The summed E-state index contributed by atoms with van der Waals surface area (Å²) in [4.78, 5) is 0.633. The average molecular weight is 395 g/mol.